The normalized spacial score (nSPS) is 12.1. The van der Waals surface area contributed by atoms with Crippen LogP contribution in [0.1, 0.15) is 0 Å². The van der Waals surface area contributed by atoms with Gasteiger partial charge in [-0.05, 0) is 82.2 Å². The largest absolute Gasteiger partial charge is 0.309 e. The van der Waals surface area contributed by atoms with Crippen molar-refractivity contribution in [2.75, 3.05) is 0 Å². The van der Waals surface area contributed by atoms with Gasteiger partial charge in [0.15, 0.2) is 5.82 Å². The van der Waals surface area contributed by atoms with E-state index in [9.17, 15) is 0 Å². The molecule has 0 atom stereocenters. The van der Waals surface area contributed by atoms with Crippen molar-refractivity contribution in [3.8, 4) is 50.6 Å². The molecule has 3 heterocycles. The van der Waals surface area contributed by atoms with Crippen molar-refractivity contribution in [1.82, 2.24) is 14.5 Å². The molecule has 3 nitrogen and oxygen atoms in total. The van der Waals surface area contributed by atoms with Gasteiger partial charge in [-0.15, -0.1) is 0 Å². The van der Waals surface area contributed by atoms with E-state index in [0.29, 0.717) is 5.82 Å². The van der Waals surface area contributed by atoms with Crippen molar-refractivity contribution in [3.05, 3.63) is 164 Å². The summed E-state index contributed by atoms with van der Waals surface area (Å²) < 4.78 is 2.36. The summed E-state index contributed by atoms with van der Waals surface area (Å²) in [4.78, 5) is 12.2. The molecule has 0 aliphatic carbocycles. The van der Waals surface area contributed by atoms with Gasteiger partial charge in [-0.3, -0.25) is 0 Å². The Morgan fingerprint density at radius 1 is 0.479 bits per heavy atom. The molecular weight excluding hydrogens is 603 g/mol. The van der Waals surface area contributed by atoms with Crippen LogP contribution in [0.25, 0.3) is 83.2 Å². The first-order valence-corrected chi connectivity index (χ1v) is 17.0. The van der Waals surface area contributed by atoms with Crippen LogP contribution in [0.2, 0.25) is 0 Å². The van der Waals surface area contributed by atoms with Crippen molar-refractivity contribution in [3.63, 3.8) is 0 Å². The average molecular weight is 630 g/mol. The molecule has 0 spiro atoms. The van der Waals surface area contributed by atoms with Crippen LogP contribution in [0.3, 0.4) is 0 Å². The van der Waals surface area contributed by atoms with Crippen molar-refractivity contribution in [2.45, 2.75) is 9.79 Å². The summed E-state index contributed by atoms with van der Waals surface area (Å²) in [5.74, 6) is 0.713. The van der Waals surface area contributed by atoms with E-state index >= 15 is 0 Å². The van der Waals surface area contributed by atoms with Crippen molar-refractivity contribution < 1.29 is 0 Å². The molecule has 0 saturated heterocycles. The summed E-state index contributed by atoms with van der Waals surface area (Å²) in [5.41, 5.74) is 11.5. The Balaban J connectivity index is 1.09. The fraction of sp³-hybridized carbons (Fsp3) is 0. The first kappa shape index (κ1) is 27.2. The number of hydrogen-bond acceptors (Lipinski definition) is 3. The third kappa shape index (κ3) is 4.30. The molecule has 0 amide bonds. The third-order valence-electron chi connectivity index (χ3n) is 9.45. The zero-order valence-electron chi connectivity index (χ0n) is 25.8. The lowest BCUT2D eigenvalue weighted by Gasteiger charge is -2.21. The lowest BCUT2D eigenvalue weighted by Crippen LogP contribution is -1.96. The maximum atomic E-state index is 4.94. The van der Waals surface area contributed by atoms with Gasteiger partial charge in [-0.25, -0.2) is 9.97 Å². The number of fused-ring (bicyclic) bond motifs is 5. The van der Waals surface area contributed by atoms with E-state index in [-0.39, 0.29) is 0 Å². The molecule has 0 bridgehead atoms. The van der Waals surface area contributed by atoms with Crippen LogP contribution in [0.4, 0.5) is 0 Å². The van der Waals surface area contributed by atoms with Gasteiger partial charge in [-0.1, -0.05) is 115 Å². The highest BCUT2D eigenvalue weighted by atomic mass is 32.2. The Bertz CT molecular complexity index is 2700. The first-order valence-electron chi connectivity index (χ1n) is 16.2. The highest BCUT2D eigenvalue weighted by molar-refractivity contribution is 7.99. The third-order valence-corrected chi connectivity index (χ3v) is 10.6. The second-order valence-electron chi connectivity index (χ2n) is 12.2. The fourth-order valence-electron chi connectivity index (χ4n) is 7.23. The van der Waals surface area contributed by atoms with Crippen LogP contribution in [0.15, 0.2) is 174 Å². The second kappa shape index (κ2) is 10.8. The smallest absolute Gasteiger partial charge is 0.159 e. The van der Waals surface area contributed by atoms with Crippen LogP contribution in [-0.4, -0.2) is 14.5 Å². The number of para-hydroxylation sites is 1. The summed E-state index contributed by atoms with van der Waals surface area (Å²) in [6.45, 7) is 0. The van der Waals surface area contributed by atoms with E-state index in [1.54, 1.807) is 0 Å². The number of nitrogens with zero attached hydrogens (tertiary/aromatic N) is 3. The molecule has 48 heavy (non-hydrogen) atoms. The Morgan fingerprint density at radius 3 is 2.19 bits per heavy atom. The van der Waals surface area contributed by atoms with Crippen LogP contribution >= 0.6 is 11.8 Å². The predicted octanol–water partition coefficient (Wildman–Crippen LogP) is 11.9. The van der Waals surface area contributed by atoms with E-state index in [0.717, 1.165) is 22.5 Å². The van der Waals surface area contributed by atoms with E-state index in [2.05, 4.69) is 143 Å². The Kier molecular flexibility index (Phi) is 6.11. The van der Waals surface area contributed by atoms with E-state index in [1.165, 1.54) is 64.6 Å². The monoisotopic (exact) mass is 629 g/mol. The van der Waals surface area contributed by atoms with Crippen LogP contribution in [0, 0.1) is 0 Å². The number of benzene rings is 7. The van der Waals surface area contributed by atoms with Crippen LogP contribution in [0.5, 0.6) is 0 Å². The summed E-state index contributed by atoms with van der Waals surface area (Å²) in [5, 5.41) is 5.11. The van der Waals surface area contributed by atoms with Gasteiger partial charge in [0.25, 0.3) is 0 Å². The molecule has 0 radical (unpaired) electrons. The minimum Gasteiger partial charge on any atom is -0.309 e. The highest BCUT2D eigenvalue weighted by Gasteiger charge is 2.20. The summed E-state index contributed by atoms with van der Waals surface area (Å²) in [6.07, 6.45) is 1.85. The van der Waals surface area contributed by atoms with Gasteiger partial charge in [0.1, 0.15) is 0 Å². The SMILES string of the molecule is c1ccc(-c2ccnc(-c3cccc(-n4c5ccccc5c5cc(-c6ccc7c(c6)-c6cccc8cccc(c68)S7)ccc54)c3)n2)cc1. The van der Waals surface area contributed by atoms with E-state index in [4.69, 9.17) is 4.98 Å². The minimum atomic E-state index is 0.713. The quantitative estimate of drug-likeness (QED) is 0.194. The van der Waals surface area contributed by atoms with Gasteiger partial charge in [0, 0.05) is 49.0 Å². The maximum absolute atomic E-state index is 4.94. The zero-order valence-corrected chi connectivity index (χ0v) is 26.7. The zero-order chi connectivity index (χ0) is 31.6. The van der Waals surface area contributed by atoms with Crippen molar-refractivity contribution >= 4 is 44.3 Å². The van der Waals surface area contributed by atoms with Gasteiger partial charge >= 0.3 is 0 Å². The van der Waals surface area contributed by atoms with Crippen LogP contribution in [-0.2, 0) is 0 Å². The summed E-state index contributed by atoms with van der Waals surface area (Å²) in [6, 6.07) is 56.6. The predicted molar refractivity (Wildman–Crippen MR) is 200 cm³/mol. The summed E-state index contributed by atoms with van der Waals surface area (Å²) in [7, 11) is 0. The molecule has 7 aromatic carbocycles. The number of hydrogen-bond donors (Lipinski definition) is 0. The molecule has 9 aromatic rings. The maximum Gasteiger partial charge on any atom is 0.159 e. The van der Waals surface area contributed by atoms with E-state index in [1.807, 2.05) is 42.2 Å². The molecule has 10 rings (SSSR count). The molecule has 2 aromatic heterocycles. The number of aromatic nitrogens is 3. The molecular formula is C44H27N3S. The molecule has 4 heteroatoms. The standard InChI is InChI=1S/C44H27N3S/c1-2-9-28(10-3-1)38-23-24-45-44(46-38)32-13-6-14-33(25-32)47-39-17-5-4-15-34(39)36-26-30(19-21-40(36)47)31-20-22-41-37(27-31)35-16-7-11-29-12-8-18-42(48-41)43(29)35/h1-27H. The lowest BCUT2D eigenvalue weighted by atomic mass is 9.94. The number of rotatable bonds is 4. The first-order chi connectivity index (χ1) is 23.8. The Morgan fingerprint density at radius 2 is 1.25 bits per heavy atom. The molecule has 1 aliphatic rings. The molecule has 0 saturated carbocycles. The molecule has 1 aliphatic heterocycles. The Hall–Kier alpha value is -5.97. The lowest BCUT2D eigenvalue weighted by molar-refractivity contribution is 1.16. The molecule has 0 unspecified atom stereocenters. The van der Waals surface area contributed by atoms with Crippen molar-refractivity contribution in [2.24, 2.45) is 0 Å². The topological polar surface area (TPSA) is 30.7 Å². The average Bonchev–Trinajstić information content (AvgIpc) is 3.49. The van der Waals surface area contributed by atoms with E-state index < -0.39 is 0 Å². The molecule has 0 fully saturated rings. The van der Waals surface area contributed by atoms with Gasteiger partial charge in [0.2, 0.25) is 0 Å². The molecule has 224 valence electrons. The molecule has 0 N–H and O–H groups in total. The highest BCUT2D eigenvalue weighted by Crippen LogP contribution is 2.49. The summed E-state index contributed by atoms with van der Waals surface area (Å²) >= 11 is 1.87. The van der Waals surface area contributed by atoms with Gasteiger partial charge in [-0.2, -0.15) is 0 Å². The van der Waals surface area contributed by atoms with Gasteiger partial charge in [0.05, 0.1) is 16.7 Å². The van der Waals surface area contributed by atoms with Crippen LogP contribution < -0.4 is 0 Å². The second-order valence-corrected chi connectivity index (χ2v) is 13.3. The van der Waals surface area contributed by atoms with Crippen molar-refractivity contribution in [1.29, 1.82) is 0 Å². The fourth-order valence-corrected chi connectivity index (χ4v) is 8.35. The van der Waals surface area contributed by atoms with Gasteiger partial charge < -0.3 is 4.57 Å². The Labute approximate surface area is 282 Å². The minimum absolute atomic E-state index is 0.713.